The molecule has 0 saturated carbocycles. The van der Waals surface area contributed by atoms with Gasteiger partial charge in [0.05, 0.1) is 11.3 Å². The van der Waals surface area contributed by atoms with Crippen LogP contribution < -0.4 is 5.32 Å². The second kappa shape index (κ2) is 5.34. The highest BCUT2D eigenvalue weighted by atomic mass is 35.5. The van der Waals surface area contributed by atoms with Crippen LogP contribution in [0.3, 0.4) is 0 Å². The minimum absolute atomic E-state index is 0.0549. The molecule has 0 aliphatic heterocycles. The highest BCUT2D eigenvalue weighted by Crippen LogP contribution is 2.23. The van der Waals surface area contributed by atoms with Crippen LogP contribution in [0.2, 0.25) is 5.02 Å². The number of nitrogens with one attached hydrogen (secondary N) is 1. The number of rotatable bonds is 4. The minimum Gasteiger partial charge on any atom is -0.469 e. The van der Waals surface area contributed by atoms with Gasteiger partial charge in [0.2, 0.25) is 0 Å². The molecule has 4 heteroatoms. The van der Waals surface area contributed by atoms with Gasteiger partial charge in [-0.15, -0.1) is 0 Å². The number of halogens is 2. The molecule has 0 fully saturated rings. The summed E-state index contributed by atoms with van der Waals surface area (Å²) < 4.78 is 18.4. The SMILES string of the molecule is CNC(Cc1ccco1)c1ccc(F)c(Cl)c1. The van der Waals surface area contributed by atoms with Gasteiger partial charge in [-0.1, -0.05) is 17.7 Å². The maximum Gasteiger partial charge on any atom is 0.141 e. The zero-order chi connectivity index (χ0) is 12.3. The molecule has 1 N–H and O–H groups in total. The molecule has 1 atom stereocenters. The maximum absolute atomic E-state index is 13.1. The predicted molar refractivity (Wildman–Crippen MR) is 65.6 cm³/mol. The Morgan fingerprint density at radius 2 is 2.24 bits per heavy atom. The maximum atomic E-state index is 13.1. The average Bonchev–Trinajstić information content (AvgIpc) is 2.82. The van der Waals surface area contributed by atoms with E-state index in [0.717, 1.165) is 11.3 Å². The van der Waals surface area contributed by atoms with E-state index in [1.807, 2.05) is 19.2 Å². The van der Waals surface area contributed by atoms with Gasteiger partial charge in [0, 0.05) is 12.5 Å². The van der Waals surface area contributed by atoms with Gasteiger partial charge in [0.15, 0.2) is 0 Å². The molecular formula is C13H13ClFNO. The third-order valence-corrected chi connectivity index (χ3v) is 2.97. The van der Waals surface area contributed by atoms with Crippen LogP contribution >= 0.6 is 11.6 Å². The molecule has 1 heterocycles. The van der Waals surface area contributed by atoms with E-state index in [-0.39, 0.29) is 11.1 Å². The van der Waals surface area contributed by atoms with Gasteiger partial charge in [-0.3, -0.25) is 0 Å². The van der Waals surface area contributed by atoms with Crippen molar-refractivity contribution in [3.63, 3.8) is 0 Å². The van der Waals surface area contributed by atoms with Gasteiger partial charge in [-0.25, -0.2) is 4.39 Å². The van der Waals surface area contributed by atoms with Crippen molar-refractivity contribution in [2.24, 2.45) is 0 Å². The van der Waals surface area contributed by atoms with E-state index in [9.17, 15) is 4.39 Å². The Kier molecular flexibility index (Phi) is 3.82. The summed E-state index contributed by atoms with van der Waals surface area (Å²) in [5.41, 5.74) is 0.940. The van der Waals surface area contributed by atoms with Gasteiger partial charge < -0.3 is 9.73 Å². The van der Waals surface area contributed by atoms with E-state index >= 15 is 0 Å². The zero-order valence-corrected chi connectivity index (χ0v) is 10.2. The largest absolute Gasteiger partial charge is 0.469 e. The summed E-state index contributed by atoms with van der Waals surface area (Å²) in [6.45, 7) is 0. The number of benzene rings is 1. The van der Waals surface area contributed by atoms with Crippen LogP contribution in [0.5, 0.6) is 0 Å². The van der Waals surface area contributed by atoms with Crippen LogP contribution in [0.25, 0.3) is 0 Å². The molecule has 0 spiro atoms. The summed E-state index contributed by atoms with van der Waals surface area (Å²) in [6, 6.07) is 8.56. The van der Waals surface area contributed by atoms with E-state index < -0.39 is 5.82 Å². The first-order valence-electron chi connectivity index (χ1n) is 5.35. The minimum atomic E-state index is -0.400. The molecule has 1 aromatic carbocycles. The van der Waals surface area contributed by atoms with Crippen molar-refractivity contribution in [1.82, 2.24) is 5.32 Å². The molecule has 2 aromatic rings. The Labute approximate surface area is 104 Å². The Hall–Kier alpha value is -1.32. The van der Waals surface area contributed by atoms with Gasteiger partial charge >= 0.3 is 0 Å². The zero-order valence-electron chi connectivity index (χ0n) is 9.41. The fourth-order valence-corrected chi connectivity index (χ4v) is 1.93. The lowest BCUT2D eigenvalue weighted by atomic mass is 10.0. The van der Waals surface area contributed by atoms with Crippen molar-refractivity contribution in [3.8, 4) is 0 Å². The molecule has 1 unspecified atom stereocenters. The van der Waals surface area contributed by atoms with Crippen molar-refractivity contribution >= 4 is 11.6 Å². The monoisotopic (exact) mass is 253 g/mol. The van der Waals surface area contributed by atoms with Gasteiger partial charge in [-0.05, 0) is 36.9 Å². The first-order valence-corrected chi connectivity index (χ1v) is 5.73. The molecule has 0 amide bonds. The van der Waals surface area contributed by atoms with Crippen LogP contribution in [-0.4, -0.2) is 7.05 Å². The van der Waals surface area contributed by atoms with Crippen molar-refractivity contribution in [2.45, 2.75) is 12.5 Å². The Morgan fingerprint density at radius 1 is 1.41 bits per heavy atom. The summed E-state index contributed by atoms with van der Waals surface area (Å²) in [6.07, 6.45) is 2.34. The third kappa shape index (κ3) is 2.87. The summed E-state index contributed by atoms with van der Waals surface area (Å²) in [4.78, 5) is 0. The summed E-state index contributed by atoms with van der Waals surface area (Å²) in [5.74, 6) is 0.480. The molecule has 17 heavy (non-hydrogen) atoms. The van der Waals surface area contributed by atoms with Crippen LogP contribution in [0.1, 0.15) is 17.4 Å². The first kappa shape index (κ1) is 12.1. The van der Waals surface area contributed by atoms with Crippen LogP contribution in [0, 0.1) is 5.82 Å². The molecule has 0 radical (unpaired) electrons. The number of furan rings is 1. The molecule has 0 aliphatic carbocycles. The lowest BCUT2D eigenvalue weighted by Gasteiger charge is -2.15. The van der Waals surface area contributed by atoms with Crippen LogP contribution in [0.15, 0.2) is 41.0 Å². The molecule has 1 aromatic heterocycles. The predicted octanol–water partition coefficient (Wildman–Crippen LogP) is 3.58. The summed E-state index contributed by atoms with van der Waals surface area (Å²) in [5, 5.41) is 3.30. The van der Waals surface area contributed by atoms with Gasteiger partial charge in [0.25, 0.3) is 0 Å². The third-order valence-electron chi connectivity index (χ3n) is 2.68. The topological polar surface area (TPSA) is 25.2 Å². The second-order valence-corrected chi connectivity index (χ2v) is 4.21. The highest BCUT2D eigenvalue weighted by Gasteiger charge is 2.13. The quantitative estimate of drug-likeness (QED) is 0.901. The van der Waals surface area contributed by atoms with Gasteiger partial charge in [-0.2, -0.15) is 0 Å². The Morgan fingerprint density at radius 3 is 2.82 bits per heavy atom. The summed E-state index contributed by atoms with van der Waals surface area (Å²) >= 11 is 5.77. The highest BCUT2D eigenvalue weighted by molar-refractivity contribution is 6.30. The number of hydrogen-bond acceptors (Lipinski definition) is 2. The van der Waals surface area contributed by atoms with Crippen molar-refractivity contribution in [1.29, 1.82) is 0 Å². The molecule has 2 nitrogen and oxygen atoms in total. The first-order chi connectivity index (χ1) is 8.20. The van der Waals surface area contributed by atoms with E-state index in [4.69, 9.17) is 16.0 Å². The Bertz CT molecular complexity index is 484. The molecule has 0 bridgehead atoms. The van der Waals surface area contributed by atoms with Crippen molar-refractivity contribution in [3.05, 3.63) is 58.8 Å². The van der Waals surface area contributed by atoms with Crippen LogP contribution in [-0.2, 0) is 6.42 Å². The number of likely N-dealkylation sites (N-methyl/N-ethyl adjacent to an activating group) is 1. The number of hydrogen-bond donors (Lipinski definition) is 1. The smallest absolute Gasteiger partial charge is 0.141 e. The van der Waals surface area contributed by atoms with E-state index in [1.165, 1.54) is 6.07 Å². The fraction of sp³-hybridized carbons (Fsp3) is 0.231. The van der Waals surface area contributed by atoms with E-state index in [1.54, 1.807) is 18.4 Å². The fourth-order valence-electron chi connectivity index (χ4n) is 1.75. The van der Waals surface area contributed by atoms with E-state index in [0.29, 0.717) is 6.42 Å². The van der Waals surface area contributed by atoms with Crippen molar-refractivity contribution in [2.75, 3.05) is 7.05 Å². The molecule has 0 saturated heterocycles. The normalized spacial score (nSPS) is 12.6. The van der Waals surface area contributed by atoms with Gasteiger partial charge in [0.1, 0.15) is 11.6 Å². The van der Waals surface area contributed by atoms with Crippen LogP contribution in [0.4, 0.5) is 4.39 Å². The summed E-state index contributed by atoms with van der Waals surface area (Å²) in [7, 11) is 1.85. The molecule has 2 rings (SSSR count). The standard InChI is InChI=1S/C13H13ClFNO/c1-16-13(8-10-3-2-6-17-10)9-4-5-12(15)11(14)7-9/h2-7,13,16H,8H2,1H3. The van der Waals surface area contributed by atoms with Crippen molar-refractivity contribution < 1.29 is 8.81 Å². The molecule has 90 valence electrons. The average molecular weight is 254 g/mol. The molecular weight excluding hydrogens is 241 g/mol. The lowest BCUT2D eigenvalue weighted by Crippen LogP contribution is -2.18. The second-order valence-electron chi connectivity index (χ2n) is 3.80. The molecule has 0 aliphatic rings. The Balaban J connectivity index is 2.20. The van der Waals surface area contributed by atoms with E-state index in [2.05, 4.69) is 5.32 Å². The lowest BCUT2D eigenvalue weighted by molar-refractivity contribution is 0.465.